The van der Waals surface area contributed by atoms with Crippen molar-refractivity contribution in [3.05, 3.63) is 82.0 Å². The van der Waals surface area contributed by atoms with Crippen molar-refractivity contribution in [2.24, 2.45) is 17.8 Å². The summed E-state index contributed by atoms with van der Waals surface area (Å²) >= 11 is 0. The fraction of sp³-hybridized carbons (Fsp3) is 0.258. The van der Waals surface area contributed by atoms with E-state index in [1.165, 1.54) is 25.3 Å². The zero-order chi connectivity index (χ0) is 29.3. The molecule has 0 radical (unpaired) electrons. The van der Waals surface area contributed by atoms with E-state index in [9.17, 15) is 39.3 Å². The number of imide groups is 1. The van der Waals surface area contributed by atoms with E-state index in [0.29, 0.717) is 16.9 Å². The fourth-order valence-electron chi connectivity index (χ4n) is 6.79. The Kier molecular flexibility index (Phi) is 5.95. The lowest BCUT2D eigenvalue weighted by molar-refractivity contribution is -0.123. The molecule has 3 N–H and O–H groups in total. The van der Waals surface area contributed by atoms with Crippen LogP contribution in [0.25, 0.3) is 0 Å². The third kappa shape index (κ3) is 3.74. The number of ketones is 2. The van der Waals surface area contributed by atoms with Crippen LogP contribution >= 0.6 is 0 Å². The molecule has 1 fully saturated rings. The number of carbonyl (C=O) groups is 5. The molecule has 2 aromatic rings. The van der Waals surface area contributed by atoms with Gasteiger partial charge in [-0.1, -0.05) is 17.7 Å². The molecule has 208 valence electrons. The Morgan fingerprint density at radius 2 is 1.76 bits per heavy atom. The molecule has 4 aliphatic rings. The topological polar surface area (TPSA) is 159 Å². The fourth-order valence-corrected chi connectivity index (χ4v) is 6.79. The number of anilines is 1. The Labute approximate surface area is 233 Å². The van der Waals surface area contributed by atoms with Crippen molar-refractivity contribution in [2.75, 3.05) is 12.0 Å². The van der Waals surface area contributed by atoms with E-state index in [0.717, 1.165) is 17.0 Å². The third-order valence-corrected chi connectivity index (χ3v) is 8.59. The van der Waals surface area contributed by atoms with Gasteiger partial charge in [-0.3, -0.25) is 19.2 Å². The molecule has 0 spiro atoms. The van der Waals surface area contributed by atoms with Crippen LogP contribution in [0.1, 0.15) is 41.6 Å². The maximum atomic E-state index is 14.0. The molecule has 1 aliphatic heterocycles. The van der Waals surface area contributed by atoms with E-state index >= 15 is 0 Å². The molecule has 1 heterocycles. The normalized spacial score (nSPS) is 25.4. The number of nitrogens with zero attached hydrogens (tertiary/aromatic N) is 1. The van der Waals surface area contributed by atoms with Crippen molar-refractivity contribution < 1.29 is 44.0 Å². The van der Waals surface area contributed by atoms with Gasteiger partial charge in [-0.15, -0.1) is 0 Å². The average molecular weight is 556 g/mol. The summed E-state index contributed by atoms with van der Waals surface area (Å²) in [4.78, 5) is 66.7. The molecule has 0 unspecified atom stereocenters. The van der Waals surface area contributed by atoms with Gasteiger partial charge in [0, 0.05) is 34.3 Å². The van der Waals surface area contributed by atoms with Crippen molar-refractivity contribution >= 4 is 35.0 Å². The van der Waals surface area contributed by atoms with E-state index in [1.54, 1.807) is 19.1 Å². The highest BCUT2D eigenvalue weighted by atomic mass is 16.5. The van der Waals surface area contributed by atoms with Crippen molar-refractivity contribution in [3.8, 4) is 17.2 Å². The Morgan fingerprint density at radius 1 is 1.00 bits per heavy atom. The lowest BCUT2D eigenvalue weighted by Crippen LogP contribution is -2.40. The number of methoxy groups -OCH3 is 1. The van der Waals surface area contributed by atoms with Gasteiger partial charge in [0.2, 0.25) is 11.8 Å². The number of carbonyl (C=O) groups excluding carboxylic acids is 4. The van der Waals surface area contributed by atoms with Gasteiger partial charge in [0.1, 0.15) is 22.8 Å². The average Bonchev–Trinajstić information content (AvgIpc) is 3.20. The summed E-state index contributed by atoms with van der Waals surface area (Å²) in [7, 11) is 1.43. The first-order valence-corrected chi connectivity index (χ1v) is 13.0. The summed E-state index contributed by atoms with van der Waals surface area (Å²) in [6.45, 7) is 1.56. The minimum Gasteiger partial charge on any atom is -0.507 e. The zero-order valence-corrected chi connectivity index (χ0v) is 22.1. The van der Waals surface area contributed by atoms with Crippen LogP contribution in [0.4, 0.5) is 5.69 Å². The lowest BCUT2D eigenvalue weighted by Gasteiger charge is -2.42. The van der Waals surface area contributed by atoms with Crippen LogP contribution in [0.5, 0.6) is 17.2 Å². The molecule has 41 heavy (non-hydrogen) atoms. The largest absolute Gasteiger partial charge is 0.507 e. The number of aromatic carboxylic acids is 1. The molecule has 0 aromatic heterocycles. The van der Waals surface area contributed by atoms with E-state index in [-0.39, 0.29) is 58.1 Å². The first-order chi connectivity index (χ1) is 19.5. The minimum absolute atomic E-state index is 0.0376. The number of Topliss-reactive ketones (excluding diaryl/α,β-unsaturated/α-hetero) is 1. The highest BCUT2D eigenvalue weighted by Crippen LogP contribution is 2.57. The molecular formula is C31H25NO9. The number of carboxylic acids is 1. The molecule has 10 heteroatoms. The van der Waals surface area contributed by atoms with Gasteiger partial charge in [-0.2, -0.15) is 0 Å². The second-order valence-electron chi connectivity index (χ2n) is 10.6. The molecule has 4 atom stereocenters. The summed E-state index contributed by atoms with van der Waals surface area (Å²) in [5.74, 6) is -6.69. The maximum Gasteiger partial charge on any atom is 0.339 e. The van der Waals surface area contributed by atoms with Gasteiger partial charge in [-0.25, -0.2) is 9.69 Å². The van der Waals surface area contributed by atoms with E-state index in [1.807, 2.05) is 6.08 Å². The van der Waals surface area contributed by atoms with Crippen molar-refractivity contribution in [3.63, 3.8) is 0 Å². The van der Waals surface area contributed by atoms with Crippen LogP contribution in [0.15, 0.2) is 70.8 Å². The number of rotatable bonds is 4. The molecule has 3 aliphatic carbocycles. The van der Waals surface area contributed by atoms with Crippen LogP contribution in [-0.2, 0) is 19.2 Å². The van der Waals surface area contributed by atoms with Gasteiger partial charge >= 0.3 is 5.97 Å². The molecule has 2 aromatic carbocycles. The number of carboxylic acid groups (broad SMARTS) is 1. The minimum atomic E-state index is -1.36. The second-order valence-corrected chi connectivity index (χ2v) is 10.6. The number of benzene rings is 2. The zero-order valence-electron chi connectivity index (χ0n) is 22.1. The number of allylic oxidation sites excluding steroid dienone is 6. The van der Waals surface area contributed by atoms with Gasteiger partial charge in [0.25, 0.3) is 0 Å². The van der Waals surface area contributed by atoms with Gasteiger partial charge in [0.15, 0.2) is 11.6 Å². The van der Waals surface area contributed by atoms with Crippen LogP contribution in [0.2, 0.25) is 0 Å². The highest BCUT2D eigenvalue weighted by Gasteiger charge is 2.57. The second kappa shape index (κ2) is 9.29. The van der Waals surface area contributed by atoms with Crippen LogP contribution in [0, 0.1) is 17.8 Å². The molecular weight excluding hydrogens is 530 g/mol. The first kappa shape index (κ1) is 26.2. The summed E-state index contributed by atoms with van der Waals surface area (Å²) in [6.07, 6.45) is 3.31. The summed E-state index contributed by atoms with van der Waals surface area (Å²) in [6, 6.07) is 8.18. The predicted molar refractivity (Wildman–Crippen MR) is 144 cm³/mol. The lowest BCUT2D eigenvalue weighted by atomic mass is 9.59. The Bertz CT molecular complexity index is 1690. The molecule has 0 saturated carbocycles. The molecule has 6 rings (SSSR count). The van der Waals surface area contributed by atoms with E-state index < -0.39 is 47.2 Å². The number of fused-ring (bicyclic) bond motifs is 3. The summed E-state index contributed by atoms with van der Waals surface area (Å²) in [5.41, 5.74) is 1.35. The Morgan fingerprint density at radius 3 is 2.44 bits per heavy atom. The number of aromatic hydroxyl groups is 2. The van der Waals surface area contributed by atoms with Crippen LogP contribution in [0.3, 0.4) is 0 Å². The van der Waals surface area contributed by atoms with E-state index in [2.05, 4.69) is 0 Å². The number of ether oxygens (including phenoxy) is 1. The highest BCUT2D eigenvalue weighted by molar-refractivity contribution is 6.25. The van der Waals surface area contributed by atoms with Crippen LogP contribution in [-0.4, -0.2) is 51.8 Å². The molecule has 1 saturated heterocycles. The van der Waals surface area contributed by atoms with Gasteiger partial charge in [-0.05, 0) is 56.0 Å². The quantitative estimate of drug-likeness (QED) is 0.292. The first-order valence-electron chi connectivity index (χ1n) is 13.0. The van der Waals surface area contributed by atoms with E-state index in [4.69, 9.17) is 4.74 Å². The van der Waals surface area contributed by atoms with Crippen molar-refractivity contribution in [1.82, 2.24) is 0 Å². The Hall–Kier alpha value is -4.99. The Balaban J connectivity index is 1.49. The molecule has 0 bridgehead atoms. The van der Waals surface area contributed by atoms with Crippen LogP contribution < -0.4 is 9.64 Å². The number of hydrogen-bond acceptors (Lipinski definition) is 8. The third-order valence-electron chi connectivity index (χ3n) is 8.59. The molecule has 10 nitrogen and oxygen atoms in total. The van der Waals surface area contributed by atoms with Gasteiger partial charge in [0.05, 0.1) is 24.6 Å². The number of phenolic OH excluding ortho intramolecular Hbond substituents is 1. The smallest absolute Gasteiger partial charge is 0.339 e. The van der Waals surface area contributed by atoms with Crippen molar-refractivity contribution in [1.29, 1.82) is 0 Å². The predicted octanol–water partition coefficient (Wildman–Crippen LogP) is 3.44. The van der Waals surface area contributed by atoms with Gasteiger partial charge < -0.3 is 20.1 Å². The molecule has 2 amide bonds. The monoisotopic (exact) mass is 555 g/mol. The summed E-state index contributed by atoms with van der Waals surface area (Å²) < 4.78 is 5.55. The number of hydrogen-bond donors (Lipinski definition) is 3. The number of amides is 2. The number of phenols is 2. The standard InChI is InChI=1S/C31H25NO9/c1-13-10-21(34)19-12-18-15(25(26(19)28(13)36)27-20(33)4-3-5-23(27)41-2)8-9-17-24(18)30(38)32(29(17)37)14-6-7-16(31(39)40)22(35)11-14/h3-8,10-11,17-18,24-25,33,35H,9,12H2,1-2H3,(H,39,40)/t17-,18+,24-,25-/m0/s1. The summed E-state index contributed by atoms with van der Waals surface area (Å²) in [5, 5.41) is 30.5. The van der Waals surface area contributed by atoms with Crippen molar-refractivity contribution in [2.45, 2.75) is 25.7 Å². The SMILES string of the molecule is COc1cccc(O)c1[C@H]1C2=CC[C@@H]3C(=O)N(c4ccc(C(=O)O)c(O)c4)C(=O)[C@@H]3[C@@H]2CC2=C1C(=O)C(C)=CC2=O. The maximum absolute atomic E-state index is 14.0.